The van der Waals surface area contributed by atoms with E-state index in [-0.39, 0.29) is 0 Å². The highest BCUT2D eigenvalue weighted by Crippen LogP contribution is 2.27. The molecule has 4 aromatic rings. The van der Waals surface area contributed by atoms with Crippen LogP contribution in [0.15, 0.2) is 77.3 Å². The summed E-state index contributed by atoms with van der Waals surface area (Å²) in [5, 5.41) is 0. The first-order valence-corrected chi connectivity index (χ1v) is 9.41. The number of fused-ring (bicyclic) bond motifs is 1. The average molecular weight is 407 g/mol. The molecule has 1 heterocycles. The van der Waals surface area contributed by atoms with Gasteiger partial charge in [0.15, 0.2) is 0 Å². The van der Waals surface area contributed by atoms with Gasteiger partial charge >= 0.3 is 0 Å². The number of aryl methyl sites for hydroxylation is 1. The van der Waals surface area contributed by atoms with Crippen LogP contribution in [-0.4, -0.2) is 16.2 Å². The van der Waals surface area contributed by atoms with E-state index in [1.165, 1.54) is 0 Å². The number of hydrogen-bond acceptors (Lipinski definition) is 2. The van der Waals surface area contributed by atoms with E-state index >= 15 is 0 Å². The molecule has 26 heavy (non-hydrogen) atoms. The number of hydrogen-bond donors (Lipinski definition) is 0. The molecule has 0 saturated heterocycles. The normalized spacial score (nSPS) is 11.0. The van der Waals surface area contributed by atoms with Gasteiger partial charge < -0.3 is 9.30 Å². The van der Waals surface area contributed by atoms with Gasteiger partial charge in [0.05, 0.1) is 17.6 Å². The summed E-state index contributed by atoms with van der Waals surface area (Å²) in [7, 11) is 0. The van der Waals surface area contributed by atoms with Crippen molar-refractivity contribution in [2.45, 2.75) is 13.5 Å². The molecule has 130 valence electrons. The van der Waals surface area contributed by atoms with Crippen LogP contribution in [0.5, 0.6) is 5.75 Å². The molecule has 0 aliphatic carbocycles. The van der Waals surface area contributed by atoms with Crippen LogP contribution in [0, 0.1) is 6.92 Å². The monoisotopic (exact) mass is 406 g/mol. The lowest BCUT2D eigenvalue weighted by Gasteiger charge is -2.12. The van der Waals surface area contributed by atoms with E-state index in [0.29, 0.717) is 6.61 Å². The zero-order chi connectivity index (χ0) is 17.9. The fraction of sp³-hybridized carbons (Fsp3) is 0.136. The zero-order valence-electron chi connectivity index (χ0n) is 14.5. The van der Waals surface area contributed by atoms with Gasteiger partial charge in [0.1, 0.15) is 18.2 Å². The molecule has 0 atom stereocenters. The van der Waals surface area contributed by atoms with E-state index in [4.69, 9.17) is 9.72 Å². The van der Waals surface area contributed by atoms with Crippen molar-refractivity contribution in [2.24, 2.45) is 0 Å². The van der Waals surface area contributed by atoms with Gasteiger partial charge in [-0.05, 0) is 42.8 Å². The van der Waals surface area contributed by atoms with Gasteiger partial charge in [-0.3, -0.25) is 0 Å². The second-order valence-corrected chi connectivity index (χ2v) is 7.12. The van der Waals surface area contributed by atoms with E-state index in [0.717, 1.165) is 44.8 Å². The van der Waals surface area contributed by atoms with Crippen LogP contribution in [0.3, 0.4) is 0 Å². The standard InChI is InChI=1S/C22H19BrN2O/c1-16-7-2-5-12-21(16)26-14-13-25-20-11-4-3-10-19(20)24-22(25)17-8-6-9-18(23)15-17/h2-12,15H,13-14H2,1H3. The summed E-state index contributed by atoms with van der Waals surface area (Å²) in [4.78, 5) is 4.85. The number of nitrogens with zero attached hydrogens (tertiary/aromatic N) is 2. The molecule has 0 fully saturated rings. The molecular weight excluding hydrogens is 388 g/mol. The second kappa shape index (κ2) is 7.34. The third kappa shape index (κ3) is 3.37. The number of rotatable bonds is 5. The highest BCUT2D eigenvalue weighted by Gasteiger charge is 2.12. The molecule has 0 radical (unpaired) electrons. The minimum atomic E-state index is 0.589. The van der Waals surface area contributed by atoms with Gasteiger partial charge in [-0.15, -0.1) is 0 Å². The highest BCUT2D eigenvalue weighted by molar-refractivity contribution is 9.10. The molecular formula is C22H19BrN2O. The van der Waals surface area contributed by atoms with Crippen molar-refractivity contribution < 1.29 is 4.74 Å². The number of aromatic nitrogens is 2. The van der Waals surface area contributed by atoms with E-state index < -0.39 is 0 Å². The van der Waals surface area contributed by atoms with Gasteiger partial charge in [0, 0.05) is 10.0 Å². The SMILES string of the molecule is Cc1ccccc1OCCn1c(-c2cccc(Br)c2)nc2ccccc21. The first-order chi connectivity index (χ1) is 12.7. The van der Waals surface area contributed by atoms with Crippen LogP contribution in [0.25, 0.3) is 22.4 Å². The van der Waals surface area contributed by atoms with Crippen LogP contribution < -0.4 is 4.74 Å². The quantitative estimate of drug-likeness (QED) is 0.415. The lowest BCUT2D eigenvalue weighted by atomic mass is 10.2. The lowest BCUT2D eigenvalue weighted by molar-refractivity contribution is 0.299. The Morgan fingerprint density at radius 2 is 1.77 bits per heavy atom. The van der Waals surface area contributed by atoms with Crippen LogP contribution >= 0.6 is 15.9 Å². The summed E-state index contributed by atoms with van der Waals surface area (Å²) in [6, 6.07) is 24.6. The van der Waals surface area contributed by atoms with Gasteiger partial charge in [0.25, 0.3) is 0 Å². The Kier molecular flexibility index (Phi) is 4.76. The number of imidazole rings is 1. The number of halogens is 1. The van der Waals surface area contributed by atoms with Crippen molar-refractivity contribution in [1.29, 1.82) is 0 Å². The third-order valence-corrected chi connectivity index (χ3v) is 4.90. The minimum Gasteiger partial charge on any atom is -0.491 e. The van der Waals surface area contributed by atoms with Crippen LogP contribution in [-0.2, 0) is 6.54 Å². The average Bonchev–Trinajstić information content (AvgIpc) is 3.02. The molecule has 3 aromatic carbocycles. The Bertz CT molecular complexity index is 1050. The maximum Gasteiger partial charge on any atom is 0.141 e. The van der Waals surface area contributed by atoms with Crippen molar-refractivity contribution in [3.8, 4) is 17.1 Å². The highest BCUT2D eigenvalue weighted by atomic mass is 79.9. The molecule has 1 aromatic heterocycles. The van der Waals surface area contributed by atoms with E-state index in [1.54, 1.807) is 0 Å². The maximum atomic E-state index is 6.02. The van der Waals surface area contributed by atoms with E-state index in [1.807, 2.05) is 42.5 Å². The first kappa shape index (κ1) is 16.9. The predicted octanol–water partition coefficient (Wildman–Crippen LogP) is 5.85. The predicted molar refractivity (Wildman–Crippen MR) is 110 cm³/mol. The van der Waals surface area contributed by atoms with Gasteiger partial charge in [0.2, 0.25) is 0 Å². The fourth-order valence-corrected chi connectivity index (χ4v) is 3.51. The summed E-state index contributed by atoms with van der Waals surface area (Å²) < 4.78 is 9.29. The van der Waals surface area contributed by atoms with Gasteiger partial charge in [-0.1, -0.05) is 58.4 Å². The molecule has 0 aliphatic rings. The molecule has 0 aliphatic heterocycles. The Labute approximate surface area is 161 Å². The van der Waals surface area contributed by atoms with Gasteiger partial charge in [-0.25, -0.2) is 4.98 Å². The molecule has 0 N–H and O–H groups in total. The van der Waals surface area contributed by atoms with Crippen molar-refractivity contribution in [2.75, 3.05) is 6.61 Å². The topological polar surface area (TPSA) is 27.1 Å². The Hall–Kier alpha value is -2.59. The second-order valence-electron chi connectivity index (χ2n) is 6.20. The molecule has 4 rings (SSSR count). The summed E-state index contributed by atoms with van der Waals surface area (Å²) in [5.41, 5.74) is 4.36. The fourth-order valence-electron chi connectivity index (χ4n) is 3.12. The van der Waals surface area contributed by atoms with Crippen molar-refractivity contribution in [3.05, 3.63) is 82.8 Å². The Balaban J connectivity index is 1.67. The van der Waals surface area contributed by atoms with Gasteiger partial charge in [-0.2, -0.15) is 0 Å². The van der Waals surface area contributed by atoms with E-state index in [9.17, 15) is 0 Å². The first-order valence-electron chi connectivity index (χ1n) is 8.62. The van der Waals surface area contributed by atoms with Crippen molar-refractivity contribution >= 4 is 27.0 Å². The van der Waals surface area contributed by atoms with E-state index in [2.05, 4.69) is 57.8 Å². The van der Waals surface area contributed by atoms with Crippen molar-refractivity contribution in [1.82, 2.24) is 9.55 Å². The number of ether oxygens (including phenoxy) is 1. The summed E-state index contributed by atoms with van der Waals surface area (Å²) in [6.07, 6.45) is 0. The maximum absolute atomic E-state index is 6.02. The molecule has 0 unspecified atom stereocenters. The summed E-state index contributed by atoms with van der Waals surface area (Å²) in [6.45, 7) is 3.39. The largest absolute Gasteiger partial charge is 0.491 e. The molecule has 0 bridgehead atoms. The molecule has 0 spiro atoms. The smallest absolute Gasteiger partial charge is 0.141 e. The Morgan fingerprint density at radius 3 is 2.62 bits per heavy atom. The zero-order valence-corrected chi connectivity index (χ0v) is 16.1. The molecule has 3 nitrogen and oxygen atoms in total. The minimum absolute atomic E-state index is 0.589. The summed E-state index contributed by atoms with van der Waals surface area (Å²) in [5.74, 6) is 1.89. The number of benzene rings is 3. The number of para-hydroxylation sites is 3. The van der Waals surface area contributed by atoms with Crippen molar-refractivity contribution in [3.63, 3.8) is 0 Å². The molecule has 0 amide bonds. The lowest BCUT2D eigenvalue weighted by Crippen LogP contribution is -2.10. The Morgan fingerprint density at radius 1 is 0.962 bits per heavy atom. The summed E-state index contributed by atoms with van der Waals surface area (Å²) >= 11 is 3.56. The molecule has 4 heteroatoms. The van der Waals surface area contributed by atoms with Crippen LogP contribution in [0.1, 0.15) is 5.56 Å². The van der Waals surface area contributed by atoms with Crippen LogP contribution in [0.2, 0.25) is 0 Å². The van der Waals surface area contributed by atoms with Crippen LogP contribution in [0.4, 0.5) is 0 Å². The third-order valence-electron chi connectivity index (χ3n) is 4.40. The molecule has 0 saturated carbocycles.